The van der Waals surface area contributed by atoms with E-state index in [1.165, 1.54) is 18.2 Å². The van der Waals surface area contributed by atoms with Crippen molar-refractivity contribution in [1.29, 1.82) is 0 Å². The largest absolute Gasteiger partial charge is 0.342 e. The van der Waals surface area contributed by atoms with Gasteiger partial charge in [0.05, 0.1) is 6.04 Å². The number of rotatable bonds is 1. The van der Waals surface area contributed by atoms with Crippen LogP contribution in [0.15, 0.2) is 18.2 Å². The summed E-state index contributed by atoms with van der Waals surface area (Å²) in [6, 6.07) is 3.87. The van der Waals surface area contributed by atoms with Gasteiger partial charge in [-0.2, -0.15) is 5.01 Å². The first-order valence-corrected chi connectivity index (χ1v) is 6.29. The van der Waals surface area contributed by atoms with Crippen LogP contribution in [0.2, 0.25) is 5.02 Å². The second-order valence-corrected chi connectivity index (χ2v) is 5.22. The Morgan fingerprint density at radius 1 is 1.44 bits per heavy atom. The van der Waals surface area contributed by atoms with Crippen LogP contribution in [0.5, 0.6) is 0 Å². The van der Waals surface area contributed by atoms with Crippen molar-refractivity contribution >= 4 is 28.9 Å². The predicted octanol–water partition coefficient (Wildman–Crippen LogP) is 2.28. The summed E-state index contributed by atoms with van der Waals surface area (Å²) in [7, 11) is 0. The number of nitrogens with zero attached hydrogens (tertiary/aromatic N) is 1. The molecule has 0 bridgehead atoms. The highest BCUT2D eigenvalue weighted by Gasteiger charge is 2.47. The number of hydrazine groups is 1. The molecule has 2 heterocycles. The van der Waals surface area contributed by atoms with Crippen LogP contribution in [0.25, 0.3) is 0 Å². The summed E-state index contributed by atoms with van der Waals surface area (Å²) < 4.78 is 27.7. The van der Waals surface area contributed by atoms with Gasteiger partial charge in [0, 0.05) is 17.0 Å². The van der Waals surface area contributed by atoms with Crippen molar-refractivity contribution in [3.05, 3.63) is 34.6 Å². The van der Waals surface area contributed by atoms with E-state index in [0.717, 1.165) is 0 Å². The van der Waals surface area contributed by atoms with Crippen LogP contribution in [0, 0.1) is 5.82 Å². The number of alkyl halides is 1. The molecule has 1 unspecified atom stereocenters. The molecule has 0 amide bonds. The highest BCUT2D eigenvalue weighted by atomic mass is 35.5. The average molecular weight is 290 g/mol. The smallest absolute Gasteiger partial charge is 0.182 e. The van der Waals surface area contributed by atoms with Gasteiger partial charge in [0.1, 0.15) is 18.2 Å². The van der Waals surface area contributed by atoms with Crippen LogP contribution in [0.4, 0.5) is 8.78 Å². The second-order valence-electron chi connectivity index (χ2n) is 4.37. The second kappa shape index (κ2) is 4.29. The van der Waals surface area contributed by atoms with Gasteiger partial charge in [-0.1, -0.05) is 11.6 Å². The normalized spacial score (nSPS) is 31.1. The van der Waals surface area contributed by atoms with E-state index in [9.17, 15) is 8.78 Å². The summed E-state index contributed by atoms with van der Waals surface area (Å²) in [5, 5.41) is 5.21. The Labute approximate surface area is 113 Å². The summed E-state index contributed by atoms with van der Waals surface area (Å²) >= 11 is 10.8. The molecule has 0 aliphatic carbocycles. The van der Waals surface area contributed by atoms with Gasteiger partial charge < -0.3 is 5.32 Å². The number of fused-ring (bicyclic) bond motifs is 1. The maximum absolute atomic E-state index is 13.9. The Kier molecular flexibility index (Phi) is 2.88. The minimum atomic E-state index is -1.11. The van der Waals surface area contributed by atoms with Crippen molar-refractivity contribution in [1.82, 2.24) is 15.8 Å². The van der Waals surface area contributed by atoms with E-state index >= 15 is 0 Å². The maximum Gasteiger partial charge on any atom is 0.182 e. The molecule has 0 radical (unpaired) electrons. The van der Waals surface area contributed by atoms with E-state index < -0.39 is 24.2 Å². The molecule has 3 nitrogen and oxygen atoms in total. The van der Waals surface area contributed by atoms with Crippen LogP contribution in [-0.2, 0) is 0 Å². The highest BCUT2D eigenvalue weighted by molar-refractivity contribution is 7.80. The van der Waals surface area contributed by atoms with Gasteiger partial charge >= 0.3 is 0 Å². The molecule has 0 spiro atoms. The SMILES string of the molecule is Fc1ccc(Cl)cc1[C@@H]1C[C@H](F)C2NC(=S)NN21. The Morgan fingerprint density at radius 2 is 2.22 bits per heavy atom. The number of benzene rings is 1. The maximum atomic E-state index is 13.9. The number of hydrogen-bond donors (Lipinski definition) is 2. The molecule has 0 saturated carbocycles. The molecule has 96 valence electrons. The van der Waals surface area contributed by atoms with Crippen LogP contribution < -0.4 is 10.7 Å². The highest BCUT2D eigenvalue weighted by Crippen LogP contribution is 2.38. The van der Waals surface area contributed by atoms with E-state index in [1.54, 1.807) is 5.01 Å². The Hall–Kier alpha value is -0.980. The lowest BCUT2D eigenvalue weighted by Gasteiger charge is -2.22. The van der Waals surface area contributed by atoms with E-state index in [-0.39, 0.29) is 6.42 Å². The number of thiocarbonyl (C=S) groups is 1. The van der Waals surface area contributed by atoms with Gasteiger partial charge in [-0.3, -0.25) is 5.43 Å². The standard InChI is InChI=1S/C11H10ClF2N3S/c12-5-1-2-7(13)6(3-5)9-4-8(14)10-15-11(18)16-17(9)10/h1-3,8-10H,4H2,(H2,15,16,18)/t8-,9-,10?/m0/s1. The monoisotopic (exact) mass is 289 g/mol. The summed E-state index contributed by atoms with van der Waals surface area (Å²) in [5.74, 6) is -0.392. The molecule has 7 heteroatoms. The van der Waals surface area contributed by atoms with Crippen LogP contribution in [-0.4, -0.2) is 22.5 Å². The van der Waals surface area contributed by atoms with Crippen molar-refractivity contribution < 1.29 is 8.78 Å². The third kappa shape index (κ3) is 1.84. The molecule has 18 heavy (non-hydrogen) atoms. The van der Waals surface area contributed by atoms with Crippen LogP contribution in [0.3, 0.4) is 0 Å². The van der Waals surface area contributed by atoms with Crippen molar-refractivity contribution in [2.24, 2.45) is 0 Å². The first-order valence-electron chi connectivity index (χ1n) is 5.51. The first kappa shape index (κ1) is 12.1. The zero-order valence-electron chi connectivity index (χ0n) is 9.16. The molecule has 2 saturated heterocycles. The zero-order valence-corrected chi connectivity index (χ0v) is 10.7. The zero-order chi connectivity index (χ0) is 12.9. The molecule has 2 aliphatic heterocycles. The molecule has 3 atom stereocenters. The number of nitrogens with one attached hydrogen (secondary N) is 2. The fourth-order valence-electron chi connectivity index (χ4n) is 2.46. The third-order valence-corrected chi connectivity index (χ3v) is 3.70. The van der Waals surface area contributed by atoms with Crippen LogP contribution >= 0.6 is 23.8 Å². The van der Waals surface area contributed by atoms with Gasteiger partial charge in [0.2, 0.25) is 0 Å². The fourth-order valence-corrected chi connectivity index (χ4v) is 2.87. The molecule has 2 fully saturated rings. The Morgan fingerprint density at radius 3 is 3.00 bits per heavy atom. The molecule has 2 aliphatic rings. The minimum Gasteiger partial charge on any atom is -0.342 e. The van der Waals surface area contributed by atoms with Gasteiger partial charge in [0.25, 0.3) is 0 Å². The predicted molar refractivity (Wildman–Crippen MR) is 68.2 cm³/mol. The van der Waals surface area contributed by atoms with Gasteiger partial charge in [-0.15, -0.1) is 0 Å². The summed E-state index contributed by atoms with van der Waals surface area (Å²) in [6.07, 6.45) is -1.45. The van der Waals surface area contributed by atoms with Crippen molar-refractivity contribution in [2.75, 3.05) is 0 Å². The molecule has 1 aromatic rings. The van der Waals surface area contributed by atoms with Crippen molar-refractivity contribution in [3.63, 3.8) is 0 Å². The quantitative estimate of drug-likeness (QED) is 0.776. The Balaban J connectivity index is 1.97. The van der Waals surface area contributed by atoms with Gasteiger partial charge in [-0.25, -0.2) is 8.78 Å². The summed E-state index contributed by atoms with van der Waals surface area (Å²) in [5.41, 5.74) is 3.23. The topological polar surface area (TPSA) is 27.3 Å². The lowest BCUT2D eigenvalue weighted by Crippen LogP contribution is -2.39. The third-order valence-electron chi connectivity index (χ3n) is 3.25. The summed E-state index contributed by atoms with van der Waals surface area (Å²) in [4.78, 5) is 0. The van der Waals surface area contributed by atoms with E-state index in [2.05, 4.69) is 10.7 Å². The summed E-state index contributed by atoms with van der Waals surface area (Å²) in [6.45, 7) is 0. The molecule has 1 aromatic carbocycles. The minimum absolute atomic E-state index is 0.199. The fraction of sp³-hybridized carbons (Fsp3) is 0.364. The molecule has 3 rings (SSSR count). The average Bonchev–Trinajstić information content (AvgIpc) is 2.82. The van der Waals surface area contributed by atoms with Crippen molar-refractivity contribution in [3.8, 4) is 0 Å². The van der Waals surface area contributed by atoms with Crippen LogP contribution in [0.1, 0.15) is 18.0 Å². The number of hydrogen-bond acceptors (Lipinski definition) is 2. The molecule has 0 aromatic heterocycles. The van der Waals surface area contributed by atoms with Gasteiger partial charge in [0.15, 0.2) is 5.11 Å². The first-order chi connectivity index (χ1) is 8.56. The Bertz CT molecular complexity index is 513. The van der Waals surface area contributed by atoms with E-state index in [1.807, 2.05) is 0 Å². The van der Waals surface area contributed by atoms with Gasteiger partial charge in [-0.05, 0) is 30.4 Å². The van der Waals surface area contributed by atoms with E-state index in [4.69, 9.17) is 23.8 Å². The molecular weight excluding hydrogens is 280 g/mol. The number of halogens is 3. The van der Waals surface area contributed by atoms with Crippen molar-refractivity contribution in [2.45, 2.75) is 24.8 Å². The lowest BCUT2D eigenvalue weighted by molar-refractivity contribution is 0.154. The lowest BCUT2D eigenvalue weighted by atomic mass is 10.0. The molecule has 2 N–H and O–H groups in total. The molecular formula is C11H10ClF2N3S. The van der Waals surface area contributed by atoms with E-state index in [0.29, 0.717) is 15.7 Å².